The van der Waals surface area contributed by atoms with E-state index in [-0.39, 0.29) is 11.3 Å². The Morgan fingerprint density at radius 2 is 1.71 bits per heavy atom. The normalized spacial score (nSPS) is 22.3. The third-order valence-electron chi connectivity index (χ3n) is 6.46. The maximum Gasteiger partial charge on any atom is 0.178 e. The van der Waals surface area contributed by atoms with Crippen molar-refractivity contribution in [1.82, 2.24) is 10.2 Å². The van der Waals surface area contributed by atoms with Crippen LogP contribution in [0.25, 0.3) is 0 Å². The minimum absolute atomic E-state index is 0.110. The van der Waals surface area contributed by atoms with Crippen molar-refractivity contribution in [1.29, 1.82) is 0 Å². The Kier molecular flexibility index (Phi) is 6.75. The highest BCUT2D eigenvalue weighted by molar-refractivity contribution is 7.91. The minimum atomic E-state index is -3.23. The summed E-state index contributed by atoms with van der Waals surface area (Å²) in [6.07, 6.45) is 9.22. The zero-order valence-electron chi connectivity index (χ0n) is 18.3. The van der Waals surface area contributed by atoms with Crippen LogP contribution in [0.1, 0.15) is 30.4 Å². The molecule has 4 nitrogen and oxygen atoms in total. The van der Waals surface area contributed by atoms with Gasteiger partial charge in [0.1, 0.15) is 0 Å². The molecule has 164 valence electrons. The molecule has 2 aromatic carbocycles. The zero-order valence-corrected chi connectivity index (χ0v) is 19.1. The second-order valence-corrected chi connectivity index (χ2v) is 10.7. The van der Waals surface area contributed by atoms with Crippen LogP contribution in [0.3, 0.4) is 0 Å². The molecule has 5 heteroatoms. The van der Waals surface area contributed by atoms with Gasteiger partial charge in [0.25, 0.3) is 0 Å². The van der Waals surface area contributed by atoms with Gasteiger partial charge < -0.3 is 5.32 Å². The summed E-state index contributed by atoms with van der Waals surface area (Å²) in [6.45, 7) is 6.04. The number of benzene rings is 2. The number of nitrogens with zero attached hydrogens (tertiary/aromatic N) is 1. The van der Waals surface area contributed by atoms with Crippen LogP contribution in [0.4, 0.5) is 0 Å². The van der Waals surface area contributed by atoms with Gasteiger partial charge in [0.05, 0.1) is 16.2 Å². The van der Waals surface area contributed by atoms with Gasteiger partial charge in [-0.25, -0.2) is 8.42 Å². The Balaban J connectivity index is 1.42. The van der Waals surface area contributed by atoms with Crippen LogP contribution in [0.5, 0.6) is 0 Å². The number of piperazine rings is 1. The highest BCUT2D eigenvalue weighted by atomic mass is 32.2. The lowest BCUT2D eigenvalue weighted by atomic mass is 9.79. The van der Waals surface area contributed by atoms with Crippen molar-refractivity contribution in [2.75, 3.05) is 31.9 Å². The Morgan fingerprint density at radius 1 is 1.00 bits per heavy atom. The molecule has 31 heavy (non-hydrogen) atoms. The minimum Gasteiger partial charge on any atom is -0.314 e. The van der Waals surface area contributed by atoms with Crippen molar-refractivity contribution in [2.45, 2.75) is 36.6 Å². The topological polar surface area (TPSA) is 49.4 Å². The van der Waals surface area contributed by atoms with Crippen molar-refractivity contribution in [2.24, 2.45) is 0 Å². The fourth-order valence-electron chi connectivity index (χ4n) is 4.60. The summed E-state index contributed by atoms with van der Waals surface area (Å²) in [5.74, 6) is 0.183. The molecule has 1 aliphatic heterocycles. The quantitative estimate of drug-likeness (QED) is 0.705. The predicted molar refractivity (Wildman–Crippen MR) is 127 cm³/mol. The van der Waals surface area contributed by atoms with E-state index in [1.807, 2.05) is 19.1 Å². The molecule has 1 atom stereocenters. The molecule has 1 heterocycles. The first-order valence-corrected chi connectivity index (χ1v) is 12.8. The van der Waals surface area contributed by atoms with Crippen molar-refractivity contribution in [3.05, 3.63) is 89.5 Å². The molecule has 1 aliphatic carbocycles. The first-order chi connectivity index (χ1) is 15.0. The number of allylic oxidation sites excluding steroid dienone is 2. The molecule has 0 aromatic heterocycles. The third-order valence-corrected chi connectivity index (χ3v) is 8.28. The molecule has 1 N–H and O–H groups in total. The summed E-state index contributed by atoms with van der Waals surface area (Å²) in [4.78, 5) is 3.00. The van der Waals surface area contributed by atoms with E-state index < -0.39 is 9.84 Å². The number of hydrogen-bond donors (Lipinski definition) is 1. The molecule has 0 saturated carbocycles. The van der Waals surface area contributed by atoms with Crippen LogP contribution in [0.2, 0.25) is 0 Å². The van der Waals surface area contributed by atoms with E-state index in [4.69, 9.17) is 0 Å². The highest BCUT2D eigenvalue weighted by Crippen LogP contribution is 2.38. The monoisotopic (exact) mass is 436 g/mol. The van der Waals surface area contributed by atoms with Gasteiger partial charge in [0.15, 0.2) is 9.84 Å². The molecule has 2 aromatic rings. The Morgan fingerprint density at radius 3 is 2.35 bits per heavy atom. The molecule has 4 rings (SSSR count). The largest absolute Gasteiger partial charge is 0.314 e. The van der Waals surface area contributed by atoms with Crippen LogP contribution in [0.15, 0.2) is 83.3 Å². The van der Waals surface area contributed by atoms with Gasteiger partial charge in [-0.05, 0) is 43.9 Å². The number of sulfone groups is 1. The summed E-state index contributed by atoms with van der Waals surface area (Å²) < 4.78 is 25.3. The summed E-state index contributed by atoms with van der Waals surface area (Å²) in [5.41, 5.74) is 3.52. The molecule has 0 radical (unpaired) electrons. The lowest BCUT2D eigenvalue weighted by Crippen LogP contribution is -2.53. The smallest absolute Gasteiger partial charge is 0.178 e. The SMILES string of the molecule is Cc1ccc(S(=O)(=O)CCCC2=CCC(c3ccccc3)(N3CCNCC3)C=C2)cc1. The van der Waals surface area contributed by atoms with E-state index in [1.54, 1.807) is 12.1 Å². The van der Waals surface area contributed by atoms with Gasteiger partial charge in [0.2, 0.25) is 0 Å². The molecule has 0 bridgehead atoms. The third kappa shape index (κ3) is 5.00. The Bertz CT molecular complexity index is 1040. The molecule has 0 amide bonds. The first-order valence-electron chi connectivity index (χ1n) is 11.2. The number of hydrogen-bond acceptors (Lipinski definition) is 4. The fourth-order valence-corrected chi connectivity index (χ4v) is 5.92. The van der Waals surface area contributed by atoms with Gasteiger partial charge in [-0.3, -0.25) is 4.90 Å². The lowest BCUT2D eigenvalue weighted by molar-refractivity contribution is 0.112. The zero-order chi connectivity index (χ0) is 21.7. The molecule has 1 saturated heterocycles. The van der Waals surface area contributed by atoms with Crippen molar-refractivity contribution in [3.8, 4) is 0 Å². The maximum absolute atomic E-state index is 12.6. The molecule has 1 unspecified atom stereocenters. The number of nitrogens with one attached hydrogen (secondary N) is 1. The molecular formula is C26H32N2O2S. The van der Waals surface area contributed by atoms with Gasteiger partial charge in [0, 0.05) is 26.2 Å². The van der Waals surface area contributed by atoms with E-state index in [1.165, 1.54) is 11.1 Å². The van der Waals surface area contributed by atoms with Crippen LogP contribution in [-0.2, 0) is 15.4 Å². The van der Waals surface area contributed by atoms with E-state index in [2.05, 4.69) is 58.8 Å². The Hall–Kier alpha value is -2.21. The van der Waals surface area contributed by atoms with Crippen LogP contribution in [-0.4, -0.2) is 45.2 Å². The van der Waals surface area contributed by atoms with Crippen LogP contribution < -0.4 is 5.32 Å². The van der Waals surface area contributed by atoms with Gasteiger partial charge in [-0.15, -0.1) is 0 Å². The van der Waals surface area contributed by atoms with Gasteiger partial charge in [-0.1, -0.05) is 71.8 Å². The molecule has 0 spiro atoms. The summed E-state index contributed by atoms with van der Waals surface area (Å²) >= 11 is 0. The van der Waals surface area contributed by atoms with E-state index in [0.29, 0.717) is 11.3 Å². The summed E-state index contributed by atoms with van der Waals surface area (Å²) in [7, 11) is -3.23. The molecular weight excluding hydrogens is 404 g/mol. The highest BCUT2D eigenvalue weighted by Gasteiger charge is 2.37. The van der Waals surface area contributed by atoms with Crippen LogP contribution in [0, 0.1) is 6.92 Å². The standard InChI is InChI=1S/C26H32N2O2S/c1-22-9-11-25(12-10-22)31(29,30)21-5-6-23-13-15-26(16-14-23,24-7-3-2-4-8-24)28-19-17-27-18-20-28/h2-4,7-15,27H,5-6,16-21H2,1H3. The predicted octanol–water partition coefficient (Wildman–Crippen LogP) is 4.24. The van der Waals surface area contributed by atoms with Gasteiger partial charge >= 0.3 is 0 Å². The van der Waals surface area contributed by atoms with Crippen molar-refractivity contribution < 1.29 is 8.42 Å². The summed E-state index contributed by atoms with van der Waals surface area (Å²) in [6, 6.07) is 17.9. The Labute approximate surface area is 186 Å². The molecule has 2 aliphatic rings. The average molecular weight is 437 g/mol. The second kappa shape index (κ2) is 9.51. The van der Waals surface area contributed by atoms with Crippen molar-refractivity contribution >= 4 is 9.84 Å². The van der Waals surface area contributed by atoms with E-state index in [9.17, 15) is 8.42 Å². The van der Waals surface area contributed by atoms with Crippen LogP contribution >= 0.6 is 0 Å². The molecule has 1 fully saturated rings. The maximum atomic E-state index is 12.6. The lowest BCUT2D eigenvalue weighted by Gasteiger charge is -2.45. The van der Waals surface area contributed by atoms with Gasteiger partial charge in [-0.2, -0.15) is 0 Å². The fraction of sp³-hybridized carbons (Fsp3) is 0.385. The second-order valence-electron chi connectivity index (χ2n) is 8.58. The van der Waals surface area contributed by atoms with E-state index >= 15 is 0 Å². The number of rotatable bonds is 7. The first kappa shape index (κ1) is 22.0. The average Bonchev–Trinajstić information content (AvgIpc) is 2.81. The van der Waals surface area contributed by atoms with E-state index in [0.717, 1.165) is 44.6 Å². The number of aryl methyl sites for hydroxylation is 1. The summed E-state index contributed by atoms with van der Waals surface area (Å²) in [5, 5.41) is 3.45. The van der Waals surface area contributed by atoms with Crippen molar-refractivity contribution in [3.63, 3.8) is 0 Å².